The summed E-state index contributed by atoms with van der Waals surface area (Å²) in [5.41, 5.74) is 14.9. The van der Waals surface area contributed by atoms with Crippen LogP contribution in [-0.2, 0) is 5.41 Å². The first-order chi connectivity index (χ1) is 25.8. The summed E-state index contributed by atoms with van der Waals surface area (Å²) in [5.74, 6) is 3.11. The molecule has 2 atom stereocenters. The molecule has 2 unspecified atom stereocenters. The Morgan fingerprint density at radius 1 is 0.404 bits per heavy atom. The average molecular weight is 666 g/mol. The van der Waals surface area contributed by atoms with Crippen molar-refractivity contribution in [3.63, 3.8) is 0 Å². The minimum Gasteiger partial charge on any atom is -0.234 e. The van der Waals surface area contributed by atoms with E-state index in [-0.39, 0.29) is 0 Å². The van der Waals surface area contributed by atoms with Crippen LogP contribution in [0.2, 0.25) is 0 Å². The van der Waals surface area contributed by atoms with Gasteiger partial charge in [0, 0.05) is 23.5 Å². The van der Waals surface area contributed by atoms with Crippen LogP contribution in [0.1, 0.15) is 51.6 Å². The highest BCUT2D eigenvalue weighted by molar-refractivity contribution is 5.92. The monoisotopic (exact) mass is 665 g/mol. The Kier molecular flexibility index (Phi) is 6.29. The zero-order valence-electron chi connectivity index (χ0n) is 28.2. The van der Waals surface area contributed by atoms with Crippen LogP contribution < -0.4 is 0 Å². The number of rotatable bonds is 5. The van der Waals surface area contributed by atoms with Crippen LogP contribution in [0.3, 0.4) is 0 Å². The zero-order valence-corrected chi connectivity index (χ0v) is 28.2. The fraction of sp³-hybridized carbons (Fsp3) is 0.0851. The van der Waals surface area contributed by atoms with Crippen LogP contribution in [0.15, 0.2) is 164 Å². The molecule has 1 fully saturated rings. The number of hydrogen-bond acceptors (Lipinski definition) is 5. The van der Waals surface area contributed by atoms with Crippen molar-refractivity contribution in [3.05, 3.63) is 197 Å². The summed E-state index contributed by atoms with van der Waals surface area (Å²) in [4.78, 5) is 23.7. The molecule has 8 aromatic rings. The van der Waals surface area contributed by atoms with Crippen LogP contribution in [0.25, 0.3) is 56.7 Å². The predicted molar refractivity (Wildman–Crippen MR) is 205 cm³/mol. The summed E-state index contributed by atoms with van der Waals surface area (Å²) in [7, 11) is 0. The topological polar surface area (TPSA) is 64.5 Å². The van der Waals surface area contributed by atoms with Crippen LogP contribution in [-0.4, -0.2) is 24.9 Å². The Morgan fingerprint density at radius 3 is 1.71 bits per heavy atom. The van der Waals surface area contributed by atoms with Gasteiger partial charge in [-0.1, -0.05) is 133 Å². The van der Waals surface area contributed by atoms with Crippen molar-refractivity contribution in [1.29, 1.82) is 0 Å². The summed E-state index contributed by atoms with van der Waals surface area (Å²) >= 11 is 0. The van der Waals surface area contributed by atoms with E-state index < -0.39 is 5.41 Å². The van der Waals surface area contributed by atoms with Gasteiger partial charge < -0.3 is 0 Å². The lowest BCUT2D eigenvalue weighted by Crippen LogP contribution is -2.28. The van der Waals surface area contributed by atoms with Crippen molar-refractivity contribution in [2.24, 2.45) is 0 Å². The molecule has 5 nitrogen and oxygen atoms in total. The van der Waals surface area contributed by atoms with Gasteiger partial charge in [0.2, 0.25) is 5.82 Å². The van der Waals surface area contributed by atoms with E-state index in [1.54, 1.807) is 18.5 Å². The highest BCUT2D eigenvalue weighted by Gasteiger charge is 2.50. The van der Waals surface area contributed by atoms with Crippen molar-refractivity contribution in [2.75, 3.05) is 0 Å². The van der Waals surface area contributed by atoms with E-state index in [2.05, 4.69) is 125 Å². The molecule has 2 heterocycles. The van der Waals surface area contributed by atoms with Gasteiger partial charge in [-0.15, -0.1) is 0 Å². The molecule has 0 saturated heterocycles. The van der Waals surface area contributed by atoms with Gasteiger partial charge >= 0.3 is 0 Å². The highest BCUT2D eigenvalue weighted by Crippen LogP contribution is 2.65. The molecule has 0 N–H and O–H groups in total. The minimum atomic E-state index is -0.396. The smallest absolute Gasteiger partial charge is 0.201 e. The molecule has 52 heavy (non-hydrogen) atoms. The van der Waals surface area contributed by atoms with Crippen molar-refractivity contribution in [1.82, 2.24) is 24.9 Å². The average Bonchev–Trinajstić information content (AvgIpc) is 3.99. The second-order valence-electron chi connectivity index (χ2n) is 14.0. The normalized spacial score (nSPS) is 16.9. The Morgan fingerprint density at radius 2 is 1.00 bits per heavy atom. The van der Waals surface area contributed by atoms with E-state index in [0.717, 1.165) is 17.5 Å². The lowest BCUT2D eigenvalue weighted by atomic mass is 9.67. The third kappa shape index (κ3) is 4.26. The van der Waals surface area contributed by atoms with Crippen molar-refractivity contribution in [2.45, 2.75) is 23.7 Å². The lowest BCUT2D eigenvalue weighted by Gasteiger charge is -2.34. The number of fused-ring (bicyclic) bond motifs is 9. The van der Waals surface area contributed by atoms with Gasteiger partial charge in [0.15, 0.2) is 17.5 Å². The standard InChI is InChI=1S/C47H31N5/c1-4-13-29(14-5-1)43-50-44(52-46(51-43)45-48-23-12-24-49-45)30-21-22-33-35(25-30)37-26-38(37)39-28-42-40(27-36(33)39)34-19-10-11-20-41(34)47(42,31-15-6-2-7-16-31)32-17-8-3-9-18-32/h1-25,27-28,37-38H,26H2. The zero-order chi connectivity index (χ0) is 34.2. The van der Waals surface area contributed by atoms with Gasteiger partial charge in [0.1, 0.15) is 0 Å². The third-order valence-corrected chi connectivity index (χ3v) is 11.3. The molecule has 0 aliphatic heterocycles. The van der Waals surface area contributed by atoms with E-state index >= 15 is 0 Å². The molecule has 0 radical (unpaired) electrons. The Hall–Kier alpha value is -6.59. The molecule has 6 aromatic carbocycles. The van der Waals surface area contributed by atoms with Crippen molar-refractivity contribution >= 4 is 0 Å². The van der Waals surface area contributed by atoms with E-state index in [1.165, 1.54) is 55.6 Å². The number of nitrogens with zero attached hydrogens (tertiary/aromatic N) is 5. The summed E-state index contributed by atoms with van der Waals surface area (Å²) in [6.45, 7) is 0. The first-order valence-electron chi connectivity index (χ1n) is 17.9. The van der Waals surface area contributed by atoms with Crippen molar-refractivity contribution < 1.29 is 0 Å². The molecule has 3 aliphatic rings. The summed E-state index contributed by atoms with van der Waals surface area (Å²) in [6, 6.07) is 54.8. The highest BCUT2D eigenvalue weighted by atomic mass is 15.1. The van der Waals surface area contributed by atoms with Gasteiger partial charge in [-0.05, 0) is 92.1 Å². The molecule has 0 amide bonds. The van der Waals surface area contributed by atoms with Crippen LogP contribution in [0.4, 0.5) is 0 Å². The summed E-state index contributed by atoms with van der Waals surface area (Å²) in [5, 5.41) is 0. The molecule has 2 aromatic heterocycles. The quantitative estimate of drug-likeness (QED) is 0.183. The SMILES string of the molecule is c1ccc(-c2nc(-c3ccc4c(c3)C3CC3c3cc5c(cc3-4)-c3ccccc3C5(c3ccccc3)c3ccccc3)nc(-c3ncccn3)n2)cc1. The maximum absolute atomic E-state index is 5.00. The van der Waals surface area contributed by atoms with E-state index in [0.29, 0.717) is 35.1 Å². The van der Waals surface area contributed by atoms with E-state index in [4.69, 9.17) is 15.0 Å². The van der Waals surface area contributed by atoms with Gasteiger partial charge in [0.25, 0.3) is 0 Å². The minimum absolute atomic E-state index is 0.396. The summed E-state index contributed by atoms with van der Waals surface area (Å²) in [6.07, 6.45) is 4.57. The van der Waals surface area contributed by atoms with E-state index in [1.807, 2.05) is 30.3 Å². The molecule has 5 heteroatoms. The Labute approximate surface area is 301 Å². The molecular weight excluding hydrogens is 635 g/mol. The van der Waals surface area contributed by atoms with Gasteiger partial charge in [-0.3, -0.25) is 0 Å². The summed E-state index contributed by atoms with van der Waals surface area (Å²) < 4.78 is 0. The second-order valence-corrected chi connectivity index (χ2v) is 14.0. The molecule has 244 valence electrons. The number of aromatic nitrogens is 5. The maximum atomic E-state index is 5.00. The van der Waals surface area contributed by atoms with Crippen LogP contribution >= 0.6 is 0 Å². The maximum Gasteiger partial charge on any atom is 0.201 e. The fourth-order valence-corrected chi connectivity index (χ4v) is 8.92. The van der Waals surface area contributed by atoms with Gasteiger partial charge in [0.05, 0.1) is 5.41 Å². The number of benzene rings is 6. The first kappa shape index (κ1) is 29.2. The largest absolute Gasteiger partial charge is 0.234 e. The predicted octanol–water partition coefficient (Wildman–Crippen LogP) is 10.3. The fourth-order valence-electron chi connectivity index (χ4n) is 8.92. The Balaban J connectivity index is 1.09. The molecule has 11 rings (SSSR count). The van der Waals surface area contributed by atoms with Gasteiger partial charge in [-0.25, -0.2) is 24.9 Å². The lowest BCUT2D eigenvalue weighted by molar-refractivity contribution is 0.766. The molecule has 1 saturated carbocycles. The number of hydrogen-bond donors (Lipinski definition) is 0. The Bertz CT molecular complexity index is 2560. The third-order valence-electron chi connectivity index (χ3n) is 11.3. The first-order valence-corrected chi connectivity index (χ1v) is 17.9. The molecule has 0 bridgehead atoms. The van der Waals surface area contributed by atoms with Crippen molar-refractivity contribution in [3.8, 4) is 56.7 Å². The van der Waals surface area contributed by atoms with E-state index in [9.17, 15) is 0 Å². The van der Waals surface area contributed by atoms with Gasteiger partial charge in [-0.2, -0.15) is 0 Å². The molecule has 0 spiro atoms. The van der Waals surface area contributed by atoms with Crippen LogP contribution in [0.5, 0.6) is 0 Å². The second kappa shape index (κ2) is 11.2. The van der Waals surface area contributed by atoms with Crippen LogP contribution in [0, 0.1) is 0 Å². The molecule has 3 aliphatic carbocycles. The molecular formula is C47H31N5.